The number of rotatable bonds is 5. The van der Waals surface area contributed by atoms with Gasteiger partial charge in [-0.15, -0.1) is 0 Å². The van der Waals surface area contributed by atoms with Crippen LogP contribution in [0.1, 0.15) is 19.3 Å². The molecule has 18 heavy (non-hydrogen) atoms. The van der Waals surface area contributed by atoms with Crippen LogP contribution >= 0.6 is 0 Å². The Labute approximate surface area is 106 Å². The number of piperidine rings is 1. The number of aliphatic hydroxyl groups excluding tert-OH is 1. The first-order valence-corrected chi connectivity index (χ1v) is 6.51. The molecular weight excluding hydrogens is 236 g/mol. The molecule has 102 valence electrons. The molecule has 0 spiro atoms. The second-order valence-corrected chi connectivity index (χ2v) is 4.69. The molecular formula is C12H20N2O4. The maximum Gasteiger partial charge on any atom is 0.245 e. The predicted octanol–water partition coefficient (Wildman–Crippen LogP) is -0.781. The van der Waals surface area contributed by atoms with Crippen molar-refractivity contribution in [2.45, 2.75) is 25.3 Å². The lowest BCUT2D eigenvalue weighted by molar-refractivity contribution is -0.158. The fourth-order valence-electron chi connectivity index (χ4n) is 2.56. The molecule has 2 heterocycles. The maximum atomic E-state index is 12.2. The van der Waals surface area contributed by atoms with Gasteiger partial charge in [-0.05, 0) is 19.3 Å². The summed E-state index contributed by atoms with van der Waals surface area (Å²) in [5.41, 5.74) is 0. The number of nitrogens with zero attached hydrogens (tertiary/aromatic N) is 2. The molecule has 2 saturated heterocycles. The number of carbonyl (C=O) groups is 2. The molecule has 2 aliphatic heterocycles. The number of aliphatic hydroxyl groups is 1. The normalized spacial score (nSPS) is 24.4. The summed E-state index contributed by atoms with van der Waals surface area (Å²) in [5.74, 6) is 0.0864. The van der Waals surface area contributed by atoms with Gasteiger partial charge in [0.1, 0.15) is 6.04 Å². The molecule has 2 aliphatic rings. The van der Waals surface area contributed by atoms with Crippen LogP contribution in [0.15, 0.2) is 0 Å². The quantitative estimate of drug-likeness (QED) is 0.655. The van der Waals surface area contributed by atoms with Crippen molar-refractivity contribution in [1.82, 2.24) is 9.80 Å². The summed E-state index contributed by atoms with van der Waals surface area (Å²) in [4.78, 5) is 27.4. The first kappa shape index (κ1) is 13.3. The minimum absolute atomic E-state index is 0.0245. The zero-order chi connectivity index (χ0) is 13.0. The molecule has 0 aromatic heterocycles. The number of carbonyl (C=O) groups excluding carboxylic acids is 2. The van der Waals surface area contributed by atoms with E-state index in [1.807, 2.05) is 0 Å². The Morgan fingerprint density at radius 2 is 2.11 bits per heavy atom. The smallest absolute Gasteiger partial charge is 0.245 e. The van der Waals surface area contributed by atoms with Crippen LogP contribution in [0.25, 0.3) is 0 Å². The fraction of sp³-hybridized carbons (Fsp3) is 0.833. The van der Waals surface area contributed by atoms with Crippen LogP contribution in [0.3, 0.4) is 0 Å². The van der Waals surface area contributed by atoms with Gasteiger partial charge in [-0.25, -0.2) is 0 Å². The lowest BCUT2D eigenvalue weighted by Crippen LogP contribution is -2.61. The molecule has 0 bridgehead atoms. The summed E-state index contributed by atoms with van der Waals surface area (Å²) >= 11 is 0. The predicted molar refractivity (Wildman–Crippen MR) is 63.8 cm³/mol. The van der Waals surface area contributed by atoms with Gasteiger partial charge < -0.3 is 19.6 Å². The number of fused-ring (bicyclic) bond motifs is 1. The number of hydrogen-bond acceptors (Lipinski definition) is 4. The van der Waals surface area contributed by atoms with Gasteiger partial charge in [-0.2, -0.15) is 0 Å². The van der Waals surface area contributed by atoms with E-state index in [0.717, 1.165) is 19.3 Å². The van der Waals surface area contributed by atoms with Crippen molar-refractivity contribution in [2.24, 2.45) is 0 Å². The Hall–Kier alpha value is -1.14. The lowest BCUT2D eigenvalue weighted by Gasteiger charge is -2.42. The van der Waals surface area contributed by atoms with Gasteiger partial charge >= 0.3 is 0 Å². The third kappa shape index (κ3) is 2.81. The third-order valence-corrected chi connectivity index (χ3v) is 3.49. The summed E-state index contributed by atoms with van der Waals surface area (Å²) in [6.45, 7) is 1.91. The SMILES string of the molecule is O=C1C2CCCCN2C(=O)CN1CCOCCO. The van der Waals surface area contributed by atoms with Crippen molar-refractivity contribution in [3.05, 3.63) is 0 Å². The zero-order valence-electron chi connectivity index (χ0n) is 10.5. The molecule has 6 heteroatoms. The monoisotopic (exact) mass is 256 g/mol. The van der Waals surface area contributed by atoms with Gasteiger partial charge in [-0.3, -0.25) is 9.59 Å². The number of amides is 2. The van der Waals surface area contributed by atoms with Crippen molar-refractivity contribution < 1.29 is 19.4 Å². The molecule has 0 aliphatic carbocycles. The highest BCUT2D eigenvalue weighted by Gasteiger charge is 2.39. The number of piperazine rings is 1. The molecule has 6 nitrogen and oxygen atoms in total. The zero-order valence-corrected chi connectivity index (χ0v) is 10.5. The molecule has 0 saturated carbocycles. The van der Waals surface area contributed by atoms with E-state index >= 15 is 0 Å². The van der Waals surface area contributed by atoms with E-state index in [0.29, 0.717) is 19.7 Å². The van der Waals surface area contributed by atoms with Crippen molar-refractivity contribution in [1.29, 1.82) is 0 Å². The average Bonchev–Trinajstić information content (AvgIpc) is 2.40. The molecule has 0 aromatic rings. The number of ether oxygens (including phenoxy) is 1. The van der Waals surface area contributed by atoms with E-state index in [1.54, 1.807) is 9.80 Å². The minimum Gasteiger partial charge on any atom is -0.394 e. The molecule has 0 aromatic carbocycles. The molecule has 2 fully saturated rings. The van der Waals surface area contributed by atoms with Crippen molar-refractivity contribution in [3.8, 4) is 0 Å². The van der Waals surface area contributed by atoms with Crippen LogP contribution < -0.4 is 0 Å². The van der Waals surface area contributed by atoms with Crippen LogP contribution in [0.5, 0.6) is 0 Å². The van der Waals surface area contributed by atoms with Crippen LogP contribution in [0, 0.1) is 0 Å². The summed E-state index contributed by atoms with van der Waals surface area (Å²) in [5, 5.41) is 8.59. The van der Waals surface area contributed by atoms with E-state index in [9.17, 15) is 9.59 Å². The highest BCUT2D eigenvalue weighted by Crippen LogP contribution is 2.22. The van der Waals surface area contributed by atoms with E-state index in [1.165, 1.54) is 0 Å². The van der Waals surface area contributed by atoms with Crippen molar-refractivity contribution in [2.75, 3.05) is 39.5 Å². The summed E-state index contributed by atoms with van der Waals surface area (Å²) in [7, 11) is 0. The standard InChI is InChI=1S/C12H20N2O4/c15-6-8-18-7-5-13-9-11(16)14-4-2-1-3-10(14)12(13)17/h10,15H,1-9H2. The van der Waals surface area contributed by atoms with Crippen LogP contribution in [0.2, 0.25) is 0 Å². The van der Waals surface area contributed by atoms with Gasteiger partial charge in [0.2, 0.25) is 11.8 Å². The third-order valence-electron chi connectivity index (χ3n) is 3.49. The summed E-state index contributed by atoms with van der Waals surface area (Å²) in [6.07, 6.45) is 2.78. The lowest BCUT2D eigenvalue weighted by atomic mass is 9.98. The highest BCUT2D eigenvalue weighted by atomic mass is 16.5. The van der Waals surface area contributed by atoms with E-state index in [4.69, 9.17) is 9.84 Å². The Morgan fingerprint density at radius 3 is 2.89 bits per heavy atom. The molecule has 0 radical (unpaired) electrons. The van der Waals surface area contributed by atoms with Gasteiger partial charge in [-0.1, -0.05) is 0 Å². The number of hydrogen-bond donors (Lipinski definition) is 1. The van der Waals surface area contributed by atoms with Crippen LogP contribution in [-0.2, 0) is 14.3 Å². The molecule has 1 atom stereocenters. The first-order chi connectivity index (χ1) is 8.74. The topological polar surface area (TPSA) is 70.1 Å². The fourth-order valence-corrected chi connectivity index (χ4v) is 2.56. The molecule has 1 unspecified atom stereocenters. The van der Waals surface area contributed by atoms with Gasteiger partial charge in [0, 0.05) is 13.1 Å². The van der Waals surface area contributed by atoms with E-state index in [2.05, 4.69) is 0 Å². The van der Waals surface area contributed by atoms with Crippen LogP contribution in [-0.4, -0.2) is 72.2 Å². The summed E-state index contributed by atoms with van der Waals surface area (Å²) < 4.78 is 5.14. The van der Waals surface area contributed by atoms with E-state index in [-0.39, 0.29) is 37.6 Å². The Morgan fingerprint density at radius 1 is 1.28 bits per heavy atom. The van der Waals surface area contributed by atoms with Crippen molar-refractivity contribution >= 4 is 11.8 Å². The van der Waals surface area contributed by atoms with Gasteiger partial charge in [0.15, 0.2) is 0 Å². The largest absolute Gasteiger partial charge is 0.394 e. The van der Waals surface area contributed by atoms with Gasteiger partial charge in [0.25, 0.3) is 0 Å². The maximum absolute atomic E-state index is 12.2. The molecule has 2 rings (SSSR count). The first-order valence-electron chi connectivity index (χ1n) is 6.51. The Bertz CT molecular complexity index is 321. The van der Waals surface area contributed by atoms with Crippen molar-refractivity contribution in [3.63, 3.8) is 0 Å². The second-order valence-electron chi connectivity index (χ2n) is 4.69. The average molecular weight is 256 g/mol. The van der Waals surface area contributed by atoms with E-state index < -0.39 is 0 Å². The Kier molecular flexibility index (Phi) is 4.54. The molecule has 2 amide bonds. The van der Waals surface area contributed by atoms with Gasteiger partial charge in [0.05, 0.1) is 26.4 Å². The minimum atomic E-state index is -0.252. The second kappa shape index (κ2) is 6.15. The Balaban J connectivity index is 1.88. The summed E-state index contributed by atoms with van der Waals surface area (Å²) in [6, 6.07) is -0.252. The molecule has 1 N–H and O–H groups in total. The highest BCUT2D eigenvalue weighted by molar-refractivity contribution is 5.95. The van der Waals surface area contributed by atoms with Crippen LogP contribution in [0.4, 0.5) is 0 Å².